The van der Waals surface area contributed by atoms with E-state index in [1.54, 1.807) is 12.4 Å². The van der Waals surface area contributed by atoms with Crippen LogP contribution in [0.25, 0.3) is 44.8 Å². The molecule has 0 saturated carbocycles. The number of imidazole rings is 1. The van der Waals surface area contributed by atoms with Gasteiger partial charge in [-0.1, -0.05) is 6.07 Å². The van der Waals surface area contributed by atoms with E-state index >= 15 is 0 Å². The van der Waals surface area contributed by atoms with E-state index in [1.807, 2.05) is 36.7 Å². The van der Waals surface area contributed by atoms with Crippen LogP contribution in [0.1, 0.15) is 19.3 Å². The van der Waals surface area contributed by atoms with E-state index in [-0.39, 0.29) is 0 Å². The first-order valence-electron chi connectivity index (χ1n) is 10.2. The fourth-order valence-corrected chi connectivity index (χ4v) is 4.15. The lowest BCUT2D eigenvalue weighted by Crippen LogP contribution is -2.29. The van der Waals surface area contributed by atoms with E-state index < -0.39 is 0 Å². The van der Waals surface area contributed by atoms with Gasteiger partial charge >= 0.3 is 0 Å². The quantitative estimate of drug-likeness (QED) is 0.479. The van der Waals surface area contributed by atoms with Crippen LogP contribution in [-0.2, 0) is 0 Å². The van der Waals surface area contributed by atoms with Crippen molar-refractivity contribution in [3.8, 4) is 22.9 Å². The minimum Gasteiger partial charge on any atom is -0.368 e. The molecule has 0 amide bonds. The maximum Gasteiger partial charge on any atom is 0.159 e. The lowest BCUT2D eigenvalue weighted by Gasteiger charge is -2.28. The number of nitrogens with one attached hydrogen (secondary N) is 2. The fraction of sp³-hybridized carbons (Fsp3) is 0.227. The first-order valence-corrected chi connectivity index (χ1v) is 10.2. The smallest absolute Gasteiger partial charge is 0.159 e. The number of H-pyrrole nitrogens is 2. The second-order valence-electron chi connectivity index (χ2n) is 7.59. The molecule has 1 aliphatic rings. The van der Waals surface area contributed by atoms with Gasteiger partial charge in [0, 0.05) is 24.7 Å². The molecule has 1 aliphatic heterocycles. The lowest BCUT2D eigenvalue weighted by molar-refractivity contribution is 0.578. The summed E-state index contributed by atoms with van der Waals surface area (Å²) in [5.74, 6) is 0.723. The largest absolute Gasteiger partial charge is 0.368 e. The Morgan fingerprint density at radius 1 is 0.900 bits per heavy atom. The van der Waals surface area contributed by atoms with Crippen LogP contribution in [0.5, 0.6) is 0 Å². The predicted molar refractivity (Wildman–Crippen MR) is 116 cm³/mol. The van der Waals surface area contributed by atoms with Gasteiger partial charge in [-0.05, 0) is 37.5 Å². The summed E-state index contributed by atoms with van der Waals surface area (Å²) < 4.78 is 0. The molecule has 0 bridgehead atoms. The maximum absolute atomic E-state index is 4.93. The fourth-order valence-electron chi connectivity index (χ4n) is 4.15. The van der Waals surface area contributed by atoms with E-state index in [0.717, 1.165) is 63.6 Å². The molecule has 0 atom stereocenters. The number of fused-ring (bicyclic) bond motifs is 2. The van der Waals surface area contributed by atoms with Crippen LogP contribution in [0.4, 0.5) is 5.69 Å². The lowest BCUT2D eigenvalue weighted by atomic mass is 10.1. The summed E-state index contributed by atoms with van der Waals surface area (Å²) in [5.41, 5.74) is 6.21. The van der Waals surface area contributed by atoms with Crippen molar-refractivity contribution < 1.29 is 0 Å². The molecule has 30 heavy (non-hydrogen) atoms. The number of hydrogen-bond donors (Lipinski definition) is 2. The number of aromatic nitrogens is 7. The predicted octanol–water partition coefficient (Wildman–Crippen LogP) is 3.95. The van der Waals surface area contributed by atoms with Crippen LogP contribution in [0.3, 0.4) is 0 Å². The second kappa shape index (κ2) is 6.91. The van der Waals surface area contributed by atoms with Crippen molar-refractivity contribution in [3.63, 3.8) is 0 Å². The van der Waals surface area contributed by atoms with Crippen LogP contribution < -0.4 is 4.90 Å². The van der Waals surface area contributed by atoms with Crippen molar-refractivity contribution in [1.82, 2.24) is 35.1 Å². The SMILES string of the molecule is c1ccc(-c2cc3c(-c4nc5c(N6CCCCC6)cncc5[nH]4)n[nH]c3cn2)nc1. The van der Waals surface area contributed by atoms with Gasteiger partial charge in [0.15, 0.2) is 5.82 Å². The van der Waals surface area contributed by atoms with E-state index in [0.29, 0.717) is 0 Å². The Kier molecular flexibility index (Phi) is 3.93. The summed E-state index contributed by atoms with van der Waals surface area (Å²) in [7, 11) is 0. The van der Waals surface area contributed by atoms with Gasteiger partial charge in [0.2, 0.25) is 0 Å². The van der Waals surface area contributed by atoms with Gasteiger partial charge in [0.1, 0.15) is 11.2 Å². The zero-order valence-corrected chi connectivity index (χ0v) is 16.3. The summed E-state index contributed by atoms with van der Waals surface area (Å²) in [6.45, 7) is 2.10. The zero-order valence-electron chi connectivity index (χ0n) is 16.3. The van der Waals surface area contributed by atoms with E-state index in [1.165, 1.54) is 19.3 Å². The standard InChI is InChI=1S/C22H20N8/c1-4-8-30(9-5-1)19-13-23-11-18-21(19)27-22(26-18)20-14-10-16(15-6-2-3-7-24-15)25-12-17(14)28-29-20/h2-3,6-7,10-13H,1,4-5,8-9H2,(H,26,27)(H,28,29). The van der Waals surface area contributed by atoms with Crippen LogP contribution >= 0.6 is 0 Å². The molecule has 1 fully saturated rings. The number of hydrogen-bond acceptors (Lipinski definition) is 6. The van der Waals surface area contributed by atoms with Crippen LogP contribution in [0.2, 0.25) is 0 Å². The highest BCUT2D eigenvalue weighted by Crippen LogP contribution is 2.31. The Balaban J connectivity index is 1.47. The monoisotopic (exact) mass is 396 g/mol. The molecular formula is C22H20N8. The Morgan fingerprint density at radius 3 is 2.70 bits per heavy atom. The van der Waals surface area contributed by atoms with Crippen molar-refractivity contribution in [1.29, 1.82) is 0 Å². The number of nitrogens with zero attached hydrogens (tertiary/aromatic N) is 6. The molecular weight excluding hydrogens is 376 g/mol. The molecule has 0 aromatic carbocycles. The number of pyridine rings is 3. The Hall–Kier alpha value is -3.81. The first kappa shape index (κ1) is 17.1. The Bertz CT molecular complexity index is 1330. The molecule has 0 radical (unpaired) electrons. The number of aromatic amines is 2. The normalized spacial score (nSPS) is 14.6. The second-order valence-corrected chi connectivity index (χ2v) is 7.59. The Morgan fingerprint density at radius 2 is 1.83 bits per heavy atom. The molecule has 0 spiro atoms. The molecule has 5 aromatic rings. The molecule has 6 rings (SSSR count). The molecule has 1 saturated heterocycles. The van der Waals surface area contributed by atoms with Crippen LogP contribution in [0, 0.1) is 0 Å². The van der Waals surface area contributed by atoms with Gasteiger partial charge in [-0.25, -0.2) is 4.98 Å². The molecule has 8 nitrogen and oxygen atoms in total. The van der Waals surface area contributed by atoms with Gasteiger partial charge in [0.05, 0.1) is 46.7 Å². The summed E-state index contributed by atoms with van der Waals surface area (Å²) in [6.07, 6.45) is 11.0. The topological polar surface area (TPSA) is 99.3 Å². The highest BCUT2D eigenvalue weighted by molar-refractivity contribution is 5.96. The third-order valence-corrected chi connectivity index (χ3v) is 5.67. The zero-order chi connectivity index (χ0) is 19.9. The van der Waals surface area contributed by atoms with Gasteiger partial charge < -0.3 is 9.88 Å². The number of rotatable bonds is 3. The third kappa shape index (κ3) is 2.80. The van der Waals surface area contributed by atoms with E-state index in [2.05, 4.69) is 35.0 Å². The summed E-state index contributed by atoms with van der Waals surface area (Å²) in [4.78, 5) is 24.1. The van der Waals surface area contributed by atoms with Crippen LogP contribution in [-0.4, -0.2) is 48.2 Å². The number of piperidine rings is 1. The average molecular weight is 396 g/mol. The van der Waals surface area contributed by atoms with Gasteiger partial charge in [-0.15, -0.1) is 0 Å². The van der Waals surface area contributed by atoms with E-state index in [4.69, 9.17) is 4.98 Å². The van der Waals surface area contributed by atoms with Crippen LogP contribution in [0.15, 0.2) is 49.1 Å². The van der Waals surface area contributed by atoms with Gasteiger partial charge in [-0.3, -0.25) is 20.1 Å². The highest BCUT2D eigenvalue weighted by atomic mass is 15.2. The van der Waals surface area contributed by atoms with Crippen molar-refractivity contribution >= 4 is 27.6 Å². The van der Waals surface area contributed by atoms with Crippen molar-refractivity contribution in [2.75, 3.05) is 18.0 Å². The van der Waals surface area contributed by atoms with Crippen molar-refractivity contribution in [3.05, 3.63) is 49.1 Å². The minimum absolute atomic E-state index is 0.723. The molecule has 0 aliphatic carbocycles. The first-order chi connectivity index (χ1) is 14.9. The summed E-state index contributed by atoms with van der Waals surface area (Å²) >= 11 is 0. The highest BCUT2D eigenvalue weighted by Gasteiger charge is 2.19. The Labute approximate surface area is 172 Å². The third-order valence-electron chi connectivity index (χ3n) is 5.67. The van der Waals surface area contributed by atoms with Crippen molar-refractivity contribution in [2.45, 2.75) is 19.3 Å². The molecule has 148 valence electrons. The summed E-state index contributed by atoms with van der Waals surface area (Å²) in [5, 5.41) is 8.55. The molecule has 0 unspecified atom stereocenters. The molecule has 5 aromatic heterocycles. The molecule has 2 N–H and O–H groups in total. The van der Waals surface area contributed by atoms with E-state index in [9.17, 15) is 0 Å². The number of anilines is 1. The summed E-state index contributed by atoms with van der Waals surface area (Å²) in [6, 6.07) is 7.81. The van der Waals surface area contributed by atoms with Gasteiger partial charge in [0.25, 0.3) is 0 Å². The van der Waals surface area contributed by atoms with Gasteiger partial charge in [-0.2, -0.15) is 5.10 Å². The molecule has 8 heteroatoms. The van der Waals surface area contributed by atoms with Crippen molar-refractivity contribution in [2.24, 2.45) is 0 Å². The average Bonchev–Trinajstić information content (AvgIpc) is 3.43. The maximum atomic E-state index is 4.93. The molecule has 6 heterocycles. The minimum atomic E-state index is 0.723.